The van der Waals surface area contributed by atoms with Gasteiger partial charge < -0.3 is 5.32 Å². The van der Waals surface area contributed by atoms with Crippen LogP contribution in [0.25, 0.3) is 0 Å². The van der Waals surface area contributed by atoms with E-state index >= 15 is 0 Å². The summed E-state index contributed by atoms with van der Waals surface area (Å²) in [6.45, 7) is 0. The lowest BCUT2D eigenvalue weighted by atomic mass is 10.2. The summed E-state index contributed by atoms with van der Waals surface area (Å²) in [6.07, 6.45) is 0. The predicted octanol–water partition coefficient (Wildman–Crippen LogP) is 3.76. The molecule has 0 aliphatic heterocycles. The molecule has 0 heterocycles. The van der Waals surface area contributed by atoms with E-state index in [1.807, 2.05) is 0 Å². The van der Waals surface area contributed by atoms with E-state index < -0.39 is 28.1 Å². The van der Waals surface area contributed by atoms with Gasteiger partial charge in [0.1, 0.15) is 17.3 Å². The Kier molecular flexibility index (Phi) is 3.37. The minimum Gasteiger partial charge on any atom is -0.347 e. The highest BCUT2D eigenvalue weighted by molar-refractivity contribution is 5.70. The number of anilines is 2. The normalized spacial score (nSPS) is 10.3. The van der Waals surface area contributed by atoms with E-state index in [1.165, 1.54) is 12.1 Å². The fraction of sp³-hybridized carbons (Fsp3) is 0. The molecule has 0 aliphatic carbocycles. The van der Waals surface area contributed by atoms with Gasteiger partial charge in [0.25, 0.3) is 0 Å². The van der Waals surface area contributed by atoms with E-state index in [1.54, 1.807) is 0 Å². The molecule has 7 heteroatoms. The van der Waals surface area contributed by atoms with Gasteiger partial charge in [-0.05, 0) is 24.3 Å². The first-order chi connectivity index (χ1) is 8.99. The van der Waals surface area contributed by atoms with Gasteiger partial charge in [-0.25, -0.2) is 8.78 Å². The summed E-state index contributed by atoms with van der Waals surface area (Å²) >= 11 is 0. The van der Waals surface area contributed by atoms with Gasteiger partial charge in [0.05, 0.1) is 10.6 Å². The van der Waals surface area contributed by atoms with E-state index in [-0.39, 0.29) is 11.4 Å². The minimum absolute atomic E-state index is 0.255. The van der Waals surface area contributed by atoms with Crippen molar-refractivity contribution in [1.29, 1.82) is 0 Å². The summed E-state index contributed by atoms with van der Waals surface area (Å²) in [5, 5.41) is 13.0. The van der Waals surface area contributed by atoms with E-state index in [0.29, 0.717) is 0 Å². The maximum Gasteiger partial charge on any atom is 0.327 e. The Bertz CT molecular complexity index is 647. The number of nitrogens with one attached hydrogen (secondary N) is 1. The minimum atomic E-state index is -1.06. The second kappa shape index (κ2) is 4.97. The average molecular weight is 268 g/mol. The lowest BCUT2D eigenvalue weighted by molar-refractivity contribution is -0.386. The Morgan fingerprint density at radius 1 is 1.00 bits per heavy atom. The van der Waals surface area contributed by atoms with Crippen molar-refractivity contribution in [3.8, 4) is 0 Å². The van der Waals surface area contributed by atoms with Crippen LogP contribution in [0.3, 0.4) is 0 Å². The van der Waals surface area contributed by atoms with Gasteiger partial charge in [0.2, 0.25) is 5.82 Å². The van der Waals surface area contributed by atoms with Crippen molar-refractivity contribution in [3.63, 3.8) is 0 Å². The molecule has 0 amide bonds. The Morgan fingerprint density at radius 2 is 1.74 bits per heavy atom. The third kappa shape index (κ3) is 2.65. The summed E-state index contributed by atoms with van der Waals surface area (Å²) in [4.78, 5) is 9.81. The van der Waals surface area contributed by atoms with Crippen molar-refractivity contribution in [1.82, 2.24) is 0 Å². The molecule has 0 bridgehead atoms. The molecule has 0 aromatic heterocycles. The van der Waals surface area contributed by atoms with Gasteiger partial charge in [-0.1, -0.05) is 6.07 Å². The van der Waals surface area contributed by atoms with Gasteiger partial charge in [-0.15, -0.1) is 0 Å². The molecule has 0 fully saturated rings. The zero-order valence-electron chi connectivity index (χ0n) is 9.36. The number of hydrogen-bond donors (Lipinski definition) is 1. The van der Waals surface area contributed by atoms with Crippen molar-refractivity contribution in [2.45, 2.75) is 0 Å². The molecule has 2 aromatic rings. The van der Waals surface area contributed by atoms with Crippen LogP contribution in [0.15, 0.2) is 36.4 Å². The van der Waals surface area contributed by atoms with E-state index in [4.69, 9.17) is 0 Å². The lowest BCUT2D eigenvalue weighted by Crippen LogP contribution is -2.01. The molecule has 0 saturated carbocycles. The molecule has 98 valence electrons. The first-order valence-corrected chi connectivity index (χ1v) is 5.14. The molecule has 2 aromatic carbocycles. The molecule has 0 unspecified atom stereocenters. The fourth-order valence-corrected chi connectivity index (χ4v) is 1.54. The first-order valence-electron chi connectivity index (χ1n) is 5.14. The second-order valence-corrected chi connectivity index (χ2v) is 3.64. The third-order valence-corrected chi connectivity index (χ3v) is 2.37. The third-order valence-electron chi connectivity index (χ3n) is 2.37. The number of para-hydroxylation sites is 1. The Labute approximate surface area is 105 Å². The molecule has 19 heavy (non-hydrogen) atoms. The van der Waals surface area contributed by atoms with Crippen LogP contribution in [0.2, 0.25) is 0 Å². The predicted molar refractivity (Wildman–Crippen MR) is 62.7 cm³/mol. The van der Waals surface area contributed by atoms with Gasteiger partial charge in [0.15, 0.2) is 0 Å². The molecule has 0 aliphatic rings. The Hall–Kier alpha value is -2.57. The van der Waals surface area contributed by atoms with E-state index in [2.05, 4.69) is 5.32 Å². The number of hydrogen-bond acceptors (Lipinski definition) is 3. The van der Waals surface area contributed by atoms with Gasteiger partial charge >= 0.3 is 5.69 Å². The van der Waals surface area contributed by atoms with Crippen molar-refractivity contribution >= 4 is 17.1 Å². The van der Waals surface area contributed by atoms with Crippen LogP contribution >= 0.6 is 0 Å². The van der Waals surface area contributed by atoms with Gasteiger partial charge in [0, 0.05) is 6.07 Å². The smallest absolute Gasteiger partial charge is 0.327 e. The SMILES string of the molecule is O=[N+]([O-])c1c(F)cccc1Nc1cc(F)ccc1F. The summed E-state index contributed by atoms with van der Waals surface area (Å²) < 4.78 is 39.7. The van der Waals surface area contributed by atoms with Crippen molar-refractivity contribution in [2.75, 3.05) is 5.32 Å². The quantitative estimate of drug-likeness (QED) is 0.681. The van der Waals surface area contributed by atoms with Crippen LogP contribution in [-0.4, -0.2) is 4.92 Å². The number of benzene rings is 2. The highest BCUT2D eigenvalue weighted by Gasteiger charge is 2.20. The topological polar surface area (TPSA) is 55.2 Å². The van der Waals surface area contributed by atoms with Crippen LogP contribution in [0.1, 0.15) is 0 Å². The summed E-state index contributed by atoms with van der Waals surface area (Å²) in [7, 11) is 0. The average Bonchev–Trinajstić information content (AvgIpc) is 2.33. The molecule has 0 saturated heterocycles. The van der Waals surface area contributed by atoms with Crippen LogP contribution in [-0.2, 0) is 0 Å². The number of nitro groups is 1. The van der Waals surface area contributed by atoms with Crippen LogP contribution in [0.4, 0.5) is 30.2 Å². The molecular weight excluding hydrogens is 261 g/mol. The van der Waals surface area contributed by atoms with Crippen LogP contribution < -0.4 is 5.32 Å². The molecule has 4 nitrogen and oxygen atoms in total. The highest BCUT2D eigenvalue weighted by atomic mass is 19.1. The number of nitrogens with zero attached hydrogens (tertiary/aromatic N) is 1. The number of rotatable bonds is 3. The summed E-state index contributed by atoms with van der Waals surface area (Å²) in [5.74, 6) is -2.59. The zero-order chi connectivity index (χ0) is 14.0. The molecule has 1 N–H and O–H groups in total. The first kappa shape index (κ1) is 12.9. The zero-order valence-corrected chi connectivity index (χ0v) is 9.36. The molecule has 0 radical (unpaired) electrons. The molecule has 2 rings (SSSR count). The second-order valence-electron chi connectivity index (χ2n) is 3.64. The molecule has 0 atom stereocenters. The molecular formula is C12H7F3N2O2. The van der Waals surface area contributed by atoms with E-state index in [0.717, 1.165) is 24.3 Å². The lowest BCUT2D eigenvalue weighted by Gasteiger charge is -2.08. The van der Waals surface area contributed by atoms with Crippen LogP contribution in [0, 0.1) is 27.6 Å². The maximum atomic E-state index is 13.4. The standard InChI is InChI=1S/C12H7F3N2O2/c13-7-4-5-8(14)11(6-7)16-10-3-1-2-9(15)12(10)17(18)19/h1-6,16H. The fourth-order valence-electron chi connectivity index (χ4n) is 1.54. The molecule has 0 spiro atoms. The van der Waals surface area contributed by atoms with Gasteiger partial charge in [-0.3, -0.25) is 10.1 Å². The maximum absolute atomic E-state index is 13.4. The van der Waals surface area contributed by atoms with E-state index in [9.17, 15) is 23.3 Å². The number of halogens is 3. The van der Waals surface area contributed by atoms with Crippen LogP contribution in [0.5, 0.6) is 0 Å². The highest BCUT2D eigenvalue weighted by Crippen LogP contribution is 2.31. The van der Waals surface area contributed by atoms with Crippen molar-refractivity contribution < 1.29 is 18.1 Å². The van der Waals surface area contributed by atoms with Gasteiger partial charge in [-0.2, -0.15) is 4.39 Å². The number of nitro benzene ring substituents is 1. The largest absolute Gasteiger partial charge is 0.347 e. The monoisotopic (exact) mass is 268 g/mol. The summed E-state index contributed by atoms with van der Waals surface area (Å²) in [5.41, 5.74) is -1.39. The Morgan fingerprint density at radius 3 is 2.42 bits per heavy atom. The van der Waals surface area contributed by atoms with Crippen molar-refractivity contribution in [3.05, 3.63) is 64.0 Å². The Balaban J connectivity index is 2.46. The summed E-state index contributed by atoms with van der Waals surface area (Å²) in [6, 6.07) is 5.92. The van der Waals surface area contributed by atoms with Crippen molar-refractivity contribution in [2.24, 2.45) is 0 Å².